The van der Waals surface area contributed by atoms with Crippen LogP contribution in [-0.4, -0.2) is 14.6 Å². The lowest BCUT2D eigenvalue weighted by molar-refractivity contribution is 0.294. The van der Waals surface area contributed by atoms with Crippen molar-refractivity contribution >= 4 is 22.9 Å². The fraction of sp³-hybridized carbons (Fsp3) is 0.143. The zero-order chi connectivity index (χ0) is 14.1. The van der Waals surface area contributed by atoms with Crippen LogP contribution in [0.4, 0.5) is 5.69 Å². The van der Waals surface area contributed by atoms with Crippen molar-refractivity contribution in [1.82, 2.24) is 14.6 Å². The highest BCUT2D eigenvalue weighted by atomic mass is 35.5. The van der Waals surface area contributed by atoms with Gasteiger partial charge < -0.3 is 10.5 Å². The third kappa shape index (κ3) is 2.28. The molecule has 5 nitrogen and oxygen atoms in total. The number of aryl methyl sites for hydroxylation is 1. The maximum atomic E-state index is 5.91. The Morgan fingerprint density at radius 2 is 1.90 bits per heavy atom. The lowest BCUT2D eigenvalue weighted by Gasteiger charge is -2.08. The Balaban J connectivity index is 1.88. The summed E-state index contributed by atoms with van der Waals surface area (Å²) in [6.07, 6.45) is 0. The Kier molecular flexibility index (Phi) is 3.20. The summed E-state index contributed by atoms with van der Waals surface area (Å²) in [5, 5.41) is 8.91. The van der Waals surface area contributed by atoms with Crippen LogP contribution in [0.3, 0.4) is 0 Å². The summed E-state index contributed by atoms with van der Waals surface area (Å²) in [4.78, 5) is 0. The largest absolute Gasteiger partial charge is 0.486 e. The van der Waals surface area contributed by atoms with Gasteiger partial charge in [0.2, 0.25) is 0 Å². The van der Waals surface area contributed by atoms with E-state index in [1.807, 2.05) is 35.6 Å². The van der Waals surface area contributed by atoms with E-state index in [4.69, 9.17) is 22.1 Å². The standard InChI is InChI=1S/C14H13ClN4O/c1-9-12(16)6-7-13-17-18-14(19(9)13)8-20-11-4-2-10(15)3-5-11/h2-7H,8,16H2,1H3. The van der Waals surface area contributed by atoms with Crippen LogP contribution >= 0.6 is 11.6 Å². The fourth-order valence-corrected chi connectivity index (χ4v) is 2.12. The Morgan fingerprint density at radius 3 is 2.65 bits per heavy atom. The quantitative estimate of drug-likeness (QED) is 0.805. The van der Waals surface area contributed by atoms with Gasteiger partial charge in [0.1, 0.15) is 12.4 Å². The number of nitrogen functional groups attached to an aromatic ring is 1. The molecule has 0 aliphatic carbocycles. The van der Waals surface area contributed by atoms with Gasteiger partial charge in [-0.3, -0.25) is 4.40 Å². The minimum Gasteiger partial charge on any atom is -0.486 e. The monoisotopic (exact) mass is 288 g/mol. The van der Waals surface area contributed by atoms with Crippen LogP contribution in [0.2, 0.25) is 5.02 Å². The van der Waals surface area contributed by atoms with Gasteiger partial charge in [0.25, 0.3) is 0 Å². The molecule has 6 heteroatoms. The zero-order valence-corrected chi connectivity index (χ0v) is 11.6. The Labute approximate surface area is 121 Å². The number of hydrogen-bond acceptors (Lipinski definition) is 4. The highest BCUT2D eigenvalue weighted by Gasteiger charge is 2.10. The first-order valence-corrected chi connectivity index (χ1v) is 6.50. The van der Waals surface area contributed by atoms with Gasteiger partial charge in [-0.2, -0.15) is 0 Å². The van der Waals surface area contributed by atoms with Gasteiger partial charge in [0, 0.05) is 10.7 Å². The molecule has 0 radical (unpaired) electrons. The molecule has 2 heterocycles. The van der Waals surface area contributed by atoms with Gasteiger partial charge in [-0.05, 0) is 43.3 Å². The van der Waals surface area contributed by atoms with Gasteiger partial charge in [-0.25, -0.2) is 0 Å². The lowest BCUT2D eigenvalue weighted by atomic mass is 10.3. The fourth-order valence-electron chi connectivity index (χ4n) is 1.99. The molecule has 0 amide bonds. The maximum absolute atomic E-state index is 5.91. The molecule has 0 unspecified atom stereocenters. The number of hydrogen-bond donors (Lipinski definition) is 1. The predicted octanol–water partition coefficient (Wildman–Crippen LogP) is 2.85. The minimum absolute atomic E-state index is 0.313. The minimum atomic E-state index is 0.313. The van der Waals surface area contributed by atoms with Crippen molar-refractivity contribution in [2.45, 2.75) is 13.5 Å². The number of rotatable bonds is 3. The van der Waals surface area contributed by atoms with Gasteiger partial charge in [-0.1, -0.05) is 11.6 Å². The van der Waals surface area contributed by atoms with Crippen LogP contribution < -0.4 is 10.5 Å². The molecule has 0 fully saturated rings. The smallest absolute Gasteiger partial charge is 0.175 e. The third-order valence-corrected chi connectivity index (χ3v) is 3.35. The van der Waals surface area contributed by atoms with Crippen molar-refractivity contribution < 1.29 is 4.74 Å². The molecule has 3 aromatic rings. The van der Waals surface area contributed by atoms with Crippen molar-refractivity contribution in [1.29, 1.82) is 0 Å². The number of anilines is 1. The molecular weight excluding hydrogens is 276 g/mol. The molecule has 102 valence electrons. The maximum Gasteiger partial charge on any atom is 0.175 e. The second kappa shape index (κ2) is 5.02. The number of nitrogens with two attached hydrogens (primary N) is 1. The summed E-state index contributed by atoms with van der Waals surface area (Å²) in [6, 6.07) is 10.8. The summed E-state index contributed by atoms with van der Waals surface area (Å²) >= 11 is 5.83. The molecule has 0 spiro atoms. The van der Waals surface area contributed by atoms with E-state index in [1.165, 1.54) is 0 Å². The third-order valence-electron chi connectivity index (χ3n) is 3.10. The van der Waals surface area contributed by atoms with E-state index in [0.29, 0.717) is 23.1 Å². The van der Waals surface area contributed by atoms with Crippen molar-refractivity contribution in [3.8, 4) is 5.75 Å². The SMILES string of the molecule is Cc1c(N)ccc2nnc(COc3ccc(Cl)cc3)n12. The molecule has 0 saturated carbocycles. The highest BCUT2D eigenvalue weighted by molar-refractivity contribution is 6.30. The number of ether oxygens (including phenoxy) is 1. The van der Waals surface area contributed by atoms with Gasteiger partial charge in [-0.15, -0.1) is 10.2 Å². The number of pyridine rings is 1. The van der Waals surface area contributed by atoms with Gasteiger partial charge >= 0.3 is 0 Å². The molecular formula is C14H13ClN4O. The number of nitrogens with zero attached hydrogens (tertiary/aromatic N) is 3. The summed E-state index contributed by atoms with van der Waals surface area (Å²) < 4.78 is 7.58. The van der Waals surface area contributed by atoms with Crippen LogP contribution in [0.15, 0.2) is 36.4 Å². The molecule has 0 aliphatic heterocycles. The Bertz CT molecular complexity index is 752. The van der Waals surface area contributed by atoms with Crippen LogP contribution in [0.25, 0.3) is 5.65 Å². The molecule has 0 aliphatic rings. The molecule has 1 aromatic carbocycles. The molecule has 2 N–H and O–H groups in total. The van der Waals surface area contributed by atoms with E-state index < -0.39 is 0 Å². The van der Waals surface area contributed by atoms with Gasteiger partial charge in [0.05, 0.1) is 5.69 Å². The van der Waals surface area contributed by atoms with Gasteiger partial charge in [0.15, 0.2) is 11.5 Å². The first-order chi connectivity index (χ1) is 9.65. The van der Waals surface area contributed by atoms with E-state index in [9.17, 15) is 0 Å². The Hall–Kier alpha value is -2.27. The van der Waals surface area contributed by atoms with Crippen LogP contribution in [0, 0.1) is 6.92 Å². The first-order valence-electron chi connectivity index (χ1n) is 6.12. The van der Waals surface area contributed by atoms with E-state index in [2.05, 4.69) is 10.2 Å². The molecule has 2 aromatic heterocycles. The molecule has 0 atom stereocenters. The summed E-state index contributed by atoms with van der Waals surface area (Å²) in [5.74, 6) is 1.44. The van der Waals surface area contributed by atoms with E-state index in [0.717, 1.165) is 17.1 Å². The summed E-state index contributed by atoms with van der Waals surface area (Å²) in [6.45, 7) is 2.24. The number of benzene rings is 1. The second-order valence-electron chi connectivity index (χ2n) is 4.43. The van der Waals surface area contributed by atoms with E-state index >= 15 is 0 Å². The normalized spacial score (nSPS) is 10.9. The van der Waals surface area contributed by atoms with Crippen LogP contribution in [-0.2, 0) is 6.61 Å². The highest BCUT2D eigenvalue weighted by Crippen LogP contribution is 2.18. The second-order valence-corrected chi connectivity index (χ2v) is 4.86. The molecule has 0 bridgehead atoms. The van der Waals surface area contributed by atoms with Crippen molar-refractivity contribution in [3.05, 3.63) is 52.9 Å². The molecule has 20 heavy (non-hydrogen) atoms. The lowest BCUT2D eigenvalue weighted by Crippen LogP contribution is -2.05. The summed E-state index contributed by atoms with van der Waals surface area (Å²) in [7, 11) is 0. The molecule has 3 rings (SSSR count). The number of fused-ring (bicyclic) bond motifs is 1. The zero-order valence-electron chi connectivity index (χ0n) is 10.9. The average Bonchev–Trinajstić information content (AvgIpc) is 2.86. The summed E-state index contributed by atoms with van der Waals surface area (Å²) in [5.41, 5.74) is 8.27. The predicted molar refractivity (Wildman–Crippen MR) is 77.9 cm³/mol. The van der Waals surface area contributed by atoms with Crippen molar-refractivity contribution in [2.24, 2.45) is 0 Å². The van der Waals surface area contributed by atoms with Crippen LogP contribution in [0.5, 0.6) is 5.75 Å². The van der Waals surface area contributed by atoms with E-state index in [-0.39, 0.29) is 0 Å². The average molecular weight is 289 g/mol. The number of halogens is 1. The van der Waals surface area contributed by atoms with Crippen LogP contribution in [0.1, 0.15) is 11.5 Å². The van der Waals surface area contributed by atoms with E-state index in [1.54, 1.807) is 12.1 Å². The Morgan fingerprint density at radius 1 is 1.15 bits per heavy atom. The number of aromatic nitrogens is 3. The topological polar surface area (TPSA) is 65.4 Å². The first kappa shape index (κ1) is 12.7. The van der Waals surface area contributed by atoms with Crippen molar-refractivity contribution in [3.63, 3.8) is 0 Å². The molecule has 0 saturated heterocycles. The van der Waals surface area contributed by atoms with Crippen molar-refractivity contribution in [2.75, 3.05) is 5.73 Å².